The van der Waals surface area contributed by atoms with E-state index < -0.39 is 28.3 Å². The average molecular weight is 1240 g/mol. The van der Waals surface area contributed by atoms with E-state index in [1.165, 1.54) is 30.5 Å². The number of fused-ring (bicyclic) bond motifs is 5. The second-order valence-electron chi connectivity index (χ2n) is 25.6. The number of phenolic OH excluding ortho intramolecular Hbond substituents is 1. The summed E-state index contributed by atoms with van der Waals surface area (Å²) >= 11 is 1.59. The summed E-state index contributed by atoms with van der Waals surface area (Å²) < 4.78 is 50.6. The van der Waals surface area contributed by atoms with E-state index in [1.807, 2.05) is 64.5 Å². The number of aromatic hydroxyl groups is 1. The van der Waals surface area contributed by atoms with Crippen LogP contribution in [0.25, 0.3) is 43.4 Å². The largest absolute Gasteiger partial charge is 0.508 e. The molecule has 2 unspecified atom stereocenters. The summed E-state index contributed by atoms with van der Waals surface area (Å²) in [6, 6.07) is 13.3. The van der Waals surface area contributed by atoms with Gasteiger partial charge in [-0.3, -0.25) is 29.1 Å². The van der Waals surface area contributed by atoms with Crippen LogP contribution in [0.4, 0.5) is 14.6 Å². The molecule has 6 atom stereocenters. The van der Waals surface area contributed by atoms with Gasteiger partial charge in [0.1, 0.15) is 46.4 Å². The number of aryl methyl sites for hydroxylation is 1. The number of carbonyl (C=O) groups is 4. The zero-order valence-corrected chi connectivity index (χ0v) is 53.9. The number of ether oxygens (including phenoxy) is 3. The van der Waals surface area contributed by atoms with Crippen molar-refractivity contribution in [2.45, 2.75) is 133 Å². The maximum absolute atomic E-state index is 17.3. The van der Waals surface area contributed by atoms with Gasteiger partial charge in [0, 0.05) is 91.7 Å². The first kappa shape index (κ1) is 62.4. The van der Waals surface area contributed by atoms with E-state index in [1.54, 1.807) is 21.1 Å². The van der Waals surface area contributed by atoms with Gasteiger partial charge in [0.05, 0.1) is 65.4 Å². The fraction of sp³-hybridized carbons (Fsp3) is 0.508. The van der Waals surface area contributed by atoms with Crippen molar-refractivity contribution in [1.82, 2.24) is 50.6 Å². The van der Waals surface area contributed by atoms with Gasteiger partial charge < -0.3 is 50.0 Å². The highest BCUT2D eigenvalue weighted by molar-refractivity contribution is 7.13. The SMILES string of the molecule is C#Cc1c(F)ccc2cc(O)cc(-c3ncc4c(N5CC6CCC(C5)N6)nc(OC[C@]56CCCN5[C@H](CN(C)C(=O)CCOCCOCCC(=O)N[C@H](C(=O)N5CCC[C@@]5([SiH3])C(=O)NCc5ccc(-c7scnc7C)cc5)C(C)(C)C)CC6)nc4c3F)c12. The van der Waals surface area contributed by atoms with Gasteiger partial charge in [-0.25, -0.2) is 13.8 Å². The minimum Gasteiger partial charge on any atom is -0.508 e. The number of phenols is 1. The van der Waals surface area contributed by atoms with Crippen molar-refractivity contribution in [3.8, 4) is 45.8 Å². The number of likely N-dealkylation sites (N-methyl/N-ethyl adjacent to an activating group) is 1. The third kappa shape index (κ3) is 13.0. The summed E-state index contributed by atoms with van der Waals surface area (Å²) in [5.41, 5.74) is 3.76. The fourth-order valence-corrected chi connectivity index (χ4v) is 15.6. The quantitative estimate of drug-likeness (QED) is 0.0331. The van der Waals surface area contributed by atoms with Crippen molar-refractivity contribution in [1.29, 1.82) is 0 Å². The number of pyridine rings is 1. The molecule has 2 bridgehead atoms. The summed E-state index contributed by atoms with van der Waals surface area (Å²) in [6.07, 6.45) is 14.3. The molecule has 3 aromatic heterocycles. The zero-order chi connectivity index (χ0) is 62.1. The van der Waals surface area contributed by atoms with Crippen LogP contribution in [0.15, 0.2) is 60.2 Å². The summed E-state index contributed by atoms with van der Waals surface area (Å²) in [7, 11) is 2.23. The molecule has 5 saturated heterocycles. The van der Waals surface area contributed by atoms with E-state index in [0.29, 0.717) is 72.4 Å². The molecule has 466 valence electrons. The first-order valence-electron chi connectivity index (χ1n) is 30.7. The van der Waals surface area contributed by atoms with Gasteiger partial charge >= 0.3 is 6.01 Å². The first-order chi connectivity index (χ1) is 42.2. The lowest BCUT2D eigenvalue weighted by Gasteiger charge is -2.40. The number of rotatable bonds is 22. The minimum atomic E-state index is -0.941. The van der Waals surface area contributed by atoms with Crippen LogP contribution in [0, 0.1) is 36.3 Å². The number of hydrogen-bond acceptors (Lipinski definition) is 16. The molecule has 4 N–H and O–H groups in total. The van der Waals surface area contributed by atoms with Crippen LogP contribution >= 0.6 is 11.3 Å². The summed E-state index contributed by atoms with van der Waals surface area (Å²) in [4.78, 5) is 82.7. The van der Waals surface area contributed by atoms with Crippen molar-refractivity contribution in [2.75, 3.05) is 77.7 Å². The van der Waals surface area contributed by atoms with Crippen LogP contribution in [0.2, 0.25) is 0 Å². The van der Waals surface area contributed by atoms with Gasteiger partial charge in [-0.2, -0.15) is 9.97 Å². The second kappa shape index (κ2) is 26.1. The Morgan fingerprint density at radius 2 is 1.69 bits per heavy atom. The molecule has 3 aromatic carbocycles. The molecule has 4 amide bonds. The molecule has 5 fully saturated rings. The van der Waals surface area contributed by atoms with E-state index in [0.717, 1.165) is 66.8 Å². The topological polar surface area (TPSA) is 217 Å². The lowest BCUT2D eigenvalue weighted by Crippen LogP contribution is -2.63. The minimum absolute atomic E-state index is 0.0156. The molecule has 6 aromatic rings. The smallest absolute Gasteiger partial charge is 0.319 e. The van der Waals surface area contributed by atoms with Crippen LogP contribution in [0.1, 0.15) is 102 Å². The molecule has 11 rings (SSSR count). The molecule has 0 radical (unpaired) electrons. The maximum Gasteiger partial charge on any atom is 0.319 e. The Morgan fingerprint density at radius 3 is 2.41 bits per heavy atom. The standard InChI is InChI=1S/C65H79F2N11O8SSi/c1-7-47-50(66)17-14-42-30-46(79)31-48(53(42)47)55-54(67)56-49(33-68-55)59(76-34-43-15-16-44(35-76)71-43)74-62(73-56)86-37-64-21-8-24-77(64)45(18-23-64)36-75(6)52(81)20-27-85-29-28-84-26-19-51(80)72-58(63(3,4)5)60(82)78-25-9-22-65(78,88)61(83)69-32-40-10-12-41(13-11-40)57-39(2)70-38-87-57/h1,10-14,17,30-31,33,38,43-45,58,71,79H,8-9,15-16,18-29,32,34-37H2,2-6,88H3,(H,69,83)(H,72,80)/t43?,44?,45-,58+,64+,65+/m0/s1. The van der Waals surface area contributed by atoms with E-state index in [9.17, 15) is 24.3 Å². The number of carbonyl (C=O) groups excluding carboxylic acids is 4. The van der Waals surface area contributed by atoms with Crippen molar-refractivity contribution in [3.05, 3.63) is 88.7 Å². The van der Waals surface area contributed by atoms with Gasteiger partial charge in [-0.05, 0) is 105 Å². The highest BCUT2D eigenvalue weighted by Gasteiger charge is 2.51. The fourth-order valence-electron chi connectivity index (χ4n) is 13.8. The Bertz CT molecular complexity index is 3650. The number of anilines is 1. The molecule has 0 saturated carbocycles. The van der Waals surface area contributed by atoms with Crippen LogP contribution in [0.5, 0.6) is 11.8 Å². The average Bonchev–Trinajstić information content (AvgIpc) is 1.53. The Morgan fingerprint density at radius 1 is 0.955 bits per heavy atom. The second-order valence-corrected chi connectivity index (χ2v) is 28.1. The van der Waals surface area contributed by atoms with Gasteiger partial charge in [-0.1, -0.05) is 57.0 Å². The molecule has 23 heteroatoms. The third-order valence-corrected chi connectivity index (χ3v) is 21.0. The normalized spacial score (nSPS) is 22.1. The van der Waals surface area contributed by atoms with E-state index in [2.05, 4.69) is 41.6 Å². The number of halogens is 2. The lowest BCUT2D eigenvalue weighted by molar-refractivity contribution is -0.145. The number of thiazole rings is 1. The Kier molecular flexibility index (Phi) is 18.5. The summed E-state index contributed by atoms with van der Waals surface area (Å²) in [5.74, 6) is 0.498. The monoisotopic (exact) mass is 1240 g/mol. The van der Waals surface area contributed by atoms with E-state index in [-0.39, 0.29) is 133 Å². The summed E-state index contributed by atoms with van der Waals surface area (Å²) in [6.45, 7) is 12.1. The van der Waals surface area contributed by atoms with Crippen molar-refractivity contribution in [2.24, 2.45) is 5.41 Å². The zero-order valence-electron chi connectivity index (χ0n) is 51.1. The number of nitrogens with one attached hydrogen (secondary N) is 3. The van der Waals surface area contributed by atoms with Crippen molar-refractivity contribution in [3.63, 3.8) is 0 Å². The molecular weight excluding hydrogens is 1160 g/mol. The number of benzene rings is 3. The van der Waals surface area contributed by atoms with Gasteiger partial charge in [0.15, 0.2) is 5.82 Å². The maximum atomic E-state index is 17.3. The summed E-state index contributed by atoms with van der Waals surface area (Å²) in [5, 5.41) is 20.6. The molecule has 5 aliphatic heterocycles. The van der Waals surface area contributed by atoms with Gasteiger partial charge in [-0.15, -0.1) is 17.8 Å². The molecule has 88 heavy (non-hydrogen) atoms. The molecular formula is C65H79F2N11O8SSi. The Balaban J connectivity index is 0.639. The molecule has 8 heterocycles. The number of amides is 4. The third-order valence-electron chi connectivity index (χ3n) is 18.6. The highest BCUT2D eigenvalue weighted by atomic mass is 32.1. The van der Waals surface area contributed by atoms with E-state index >= 15 is 8.78 Å². The number of aromatic nitrogens is 4. The Labute approximate surface area is 519 Å². The van der Waals surface area contributed by atoms with Gasteiger partial charge in [0.2, 0.25) is 23.6 Å². The predicted octanol–water partition coefficient (Wildman–Crippen LogP) is 6.36. The van der Waals surface area contributed by atoms with Crippen LogP contribution in [0.3, 0.4) is 0 Å². The molecule has 0 aliphatic carbocycles. The van der Waals surface area contributed by atoms with Crippen LogP contribution < -0.4 is 25.6 Å². The molecule has 5 aliphatic rings. The molecule has 19 nitrogen and oxygen atoms in total. The van der Waals surface area contributed by atoms with E-state index in [4.69, 9.17) is 30.6 Å². The number of likely N-dealkylation sites (tertiary alicyclic amines) is 1. The molecule has 0 spiro atoms. The van der Waals surface area contributed by atoms with Crippen molar-refractivity contribution >= 4 is 72.7 Å². The number of hydrogen-bond donors (Lipinski definition) is 4. The Hall–Kier alpha value is -7.20. The van der Waals surface area contributed by atoms with Gasteiger partial charge in [0.25, 0.3) is 0 Å². The lowest BCUT2D eigenvalue weighted by atomic mass is 9.85. The predicted molar refractivity (Wildman–Crippen MR) is 337 cm³/mol. The first-order valence-corrected chi connectivity index (χ1v) is 32.6. The van der Waals surface area contributed by atoms with Crippen LogP contribution in [-0.4, -0.2) is 181 Å². The van der Waals surface area contributed by atoms with Crippen molar-refractivity contribution < 1.29 is 47.3 Å². The van der Waals surface area contributed by atoms with Crippen LogP contribution in [-0.2, 0) is 35.2 Å². The number of nitrogens with zero attached hydrogens (tertiary/aromatic N) is 8. The number of piperazine rings is 1. The number of terminal acetylenes is 1. The highest BCUT2D eigenvalue weighted by Crippen LogP contribution is 2.44.